The molecule has 6 heteroatoms. The van der Waals surface area contributed by atoms with Crippen molar-refractivity contribution in [3.63, 3.8) is 0 Å². The first-order valence-electron chi connectivity index (χ1n) is 8.04. The van der Waals surface area contributed by atoms with Crippen LogP contribution in [0.2, 0.25) is 0 Å². The molecule has 1 saturated heterocycles. The average molecular weight is 299 g/mol. The van der Waals surface area contributed by atoms with Crippen LogP contribution in [0.3, 0.4) is 0 Å². The maximum absolute atomic E-state index is 11.8. The van der Waals surface area contributed by atoms with Gasteiger partial charge < -0.3 is 20.3 Å². The molecule has 1 aliphatic rings. The molecule has 0 spiro atoms. The molecule has 1 aliphatic heterocycles. The van der Waals surface area contributed by atoms with Gasteiger partial charge in [0.25, 0.3) is 0 Å². The largest absolute Gasteiger partial charge is 0.378 e. The van der Waals surface area contributed by atoms with E-state index in [0.29, 0.717) is 39.1 Å². The Kier molecular flexibility index (Phi) is 9.01. The van der Waals surface area contributed by atoms with E-state index in [0.717, 1.165) is 25.9 Å². The van der Waals surface area contributed by atoms with Gasteiger partial charge in [-0.05, 0) is 39.8 Å². The number of piperidine rings is 1. The van der Waals surface area contributed by atoms with Crippen molar-refractivity contribution in [1.29, 1.82) is 0 Å². The van der Waals surface area contributed by atoms with Crippen molar-refractivity contribution in [1.82, 2.24) is 15.5 Å². The molecule has 6 nitrogen and oxygen atoms in total. The highest BCUT2D eigenvalue weighted by atomic mass is 16.5. The molecule has 0 bridgehead atoms. The minimum absolute atomic E-state index is 0.0451. The zero-order valence-electron chi connectivity index (χ0n) is 13.3. The molecule has 0 radical (unpaired) electrons. The molecule has 0 atom stereocenters. The van der Waals surface area contributed by atoms with Crippen LogP contribution in [-0.4, -0.2) is 62.1 Å². The number of nitrogens with one attached hydrogen (secondary N) is 2. The summed E-state index contributed by atoms with van der Waals surface area (Å²) >= 11 is 0. The van der Waals surface area contributed by atoms with Gasteiger partial charge in [0.2, 0.25) is 11.8 Å². The number of amides is 2. The molecule has 1 rings (SSSR count). The summed E-state index contributed by atoms with van der Waals surface area (Å²) in [5, 5.41) is 6.05. The topological polar surface area (TPSA) is 70.7 Å². The zero-order chi connectivity index (χ0) is 15.5. The summed E-state index contributed by atoms with van der Waals surface area (Å²) in [6.07, 6.45) is 3.04. The molecule has 21 heavy (non-hydrogen) atoms. The number of carbonyl (C=O) groups excluding carboxylic acids is 2. The van der Waals surface area contributed by atoms with Crippen molar-refractivity contribution in [2.75, 3.05) is 39.3 Å². The lowest BCUT2D eigenvalue weighted by Crippen LogP contribution is -2.35. The summed E-state index contributed by atoms with van der Waals surface area (Å²) in [5.74, 6) is 0.0440. The number of carbonyl (C=O) groups is 2. The molecule has 1 fully saturated rings. The molecule has 0 aliphatic carbocycles. The first-order chi connectivity index (χ1) is 10.2. The van der Waals surface area contributed by atoms with Crippen molar-refractivity contribution in [3.05, 3.63) is 0 Å². The summed E-state index contributed by atoms with van der Waals surface area (Å²) in [4.78, 5) is 25.2. The van der Waals surface area contributed by atoms with E-state index in [-0.39, 0.29) is 17.9 Å². The third kappa shape index (κ3) is 7.43. The zero-order valence-corrected chi connectivity index (χ0v) is 13.3. The lowest BCUT2D eigenvalue weighted by molar-refractivity contribution is -0.130. The summed E-state index contributed by atoms with van der Waals surface area (Å²) in [6, 6.07) is 0. The number of rotatable bonds is 9. The maximum atomic E-state index is 11.8. The van der Waals surface area contributed by atoms with Crippen molar-refractivity contribution in [2.45, 2.75) is 45.6 Å². The van der Waals surface area contributed by atoms with Crippen molar-refractivity contribution >= 4 is 11.8 Å². The smallest absolute Gasteiger partial charge is 0.224 e. The molecule has 122 valence electrons. The van der Waals surface area contributed by atoms with Crippen molar-refractivity contribution in [2.24, 2.45) is 0 Å². The third-order valence-electron chi connectivity index (χ3n) is 3.75. The van der Waals surface area contributed by atoms with E-state index in [4.69, 9.17) is 4.74 Å². The highest BCUT2D eigenvalue weighted by Gasteiger charge is 2.14. The van der Waals surface area contributed by atoms with Gasteiger partial charge in [0.05, 0.1) is 12.7 Å². The van der Waals surface area contributed by atoms with Gasteiger partial charge in [0.1, 0.15) is 0 Å². The van der Waals surface area contributed by atoms with E-state index < -0.39 is 0 Å². The molecular formula is C15H29N3O3. The van der Waals surface area contributed by atoms with Crippen molar-refractivity contribution < 1.29 is 14.3 Å². The lowest BCUT2D eigenvalue weighted by atomic mass is 10.1. The van der Waals surface area contributed by atoms with Gasteiger partial charge in [-0.3, -0.25) is 9.59 Å². The number of ether oxygens (including phenoxy) is 1. The lowest BCUT2D eigenvalue weighted by Gasteiger charge is -2.22. The van der Waals surface area contributed by atoms with Crippen LogP contribution in [0, 0.1) is 0 Å². The van der Waals surface area contributed by atoms with E-state index in [9.17, 15) is 9.59 Å². The highest BCUT2D eigenvalue weighted by molar-refractivity contribution is 5.79. The summed E-state index contributed by atoms with van der Waals surface area (Å²) in [7, 11) is 0. The number of hydrogen-bond donors (Lipinski definition) is 2. The Hall–Kier alpha value is -1.14. The first kappa shape index (κ1) is 17.9. The molecular weight excluding hydrogens is 270 g/mol. The van der Waals surface area contributed by atoms with E-state index >= 15 is 0 Å². The van der Waals surface area contributed by atoms with E-state index in [1.165, 1.54) is 0 Å². The highest BCUT2D eigenvalue weighted by Crippen LogP contribution is 2.07. The van der Waals surface area contributed by atoms with Crippen LogP contribution in [0.15, 0.2) is 0 Å². The van der Waals surface area contributed by atoms with Crippen LogP contribution >= 0.6 is 0 Å². The third-order valence-corrected chi connectivity index (χ3v) is 3.75. The van der Waals surface area contributed by atoms with Crippen molar-refractivity contribution in [3.8, 4) is 0 Å². The summed E-state index contributed by atoms with van der Waals surface area (Å²) in [6.45, 7) is 8.19. The molecule has 0 unspecified atom stereocenters. The Labute approximate surface area is 127 Å². The molecule has 2 N–H and O–H groups in total. The molecule has 0 aromatic rings. The second-order valence-electron chi connectivity index (χ2n) is 5.24. The SMILES string of the molecule is CCN(CC)C(=O)CCNC(=O)CCOC1CCNCC1. The fraction of sp³-hybridized carbons (Fsp3) is 0.867. The van der Waals surface area contributed by atoms with Gasteiger partial charge in [-0.25, -0.2) is 0 Å². The van der Waals surface area contributed by atoms with Crippen LogP contribution in [0.5, 0.6) is 0 Å². The van der Waals surface area contributed by atoms with Crippen LogP contribution < -0.4 is 10.6 Å². The summed E-state index contributed by atoms with van der Waals surface area (Å²) < 4.78 is 5.68. The second-order valence-corrected chi connectivity index (χ2v) is 5.24. The predicted molar refractivity (Wildman–Crippen MR) is 82.0 cm³/mol. The maximum Gasteiger partial charge on any atom is 0.224 e. The molecule has 0 aromatic carbocycles. The first-order valence-corrected chi connectivity index (χ1v) is 8.04. The molecule has 2 amide bonds. The van der Waals surface area contributed by atoms with Gasteiger partial charge in [0, 0.05) is 32.5 Å². The Bertz CT molecular complexity index is 313. The van der Waals surface area contributed by atoms with Crippen LogP contribution in [0.4, 0.5) is 0 Å². The predicted octanol–water partition coefficient (Wildman–Crippen LogP) is 0.520. The van der Waals surface area contributed by atoms with Gasteiger partial charge in [-0.15, -0.1) is 0 Å². The van der Waals surface area contributed by atoms with Gasteiger partial charge in [0.15, 0.2) is 0 Å². The Morgan fingerprint density at radius 3 is 2.48 bits per heavy atom. The van der Waals surface area contributed by atoms with Crippen LogP contribution in [0.1, 0.15) is 39.5 Å². The average Bonchev–Trinajstić information content (AvgIpc) is 2.49. The van der Waals surface area contributed by atoms with Crippen LogP contribution in [-0.2, 0) is 14.3 Å². The van der Waals surface area contributed by atoms with Gasteiger partial charge in [-0.2, -0.15) is 0 Å². The quantitative estimate of drug-likeness (QED) is 0.651. The molecule has 1 heterocycles. The fourth-order valence-corrected chi connectivity index (χ4v) is 2.41. The fourth-order valence-electron chi connectivity index (χ4n) is 2.41. The Balaban J connectivity index is 2.04. The van der Waals surface area contributed by atoms with Crippen LogP contribution in [0.25, 0.3) is 0 Å². The minimum Gasteiger partial charge on any atom is -0.378 e. The molecule has 0 saturated carbocycles. The summed E-state index contributed by atoms with van der Waals surface area (Å²) in [5.41, 5.74) is 0. The van der Waals surface area contributed by atoms with Gasteiger partial charge in [-0.1, -0.05) is 0 Å². The van der Waals surface area contributed by atoms with E-state index in [1.54, 1.807) is 4.90 Å². The normalized spacial score (nSPS) is 15.7. The van der Waals surface area contributed by atoms with E-state index in [2.05, 4.69) is 10.6 Å². The Morgan fingerprint density at radius 1 is 1.19 bits per heavy atom. The van der Waals surface area contributed by atoms with E-state index in [1.807, 2.05) is 13.8 Å². The molecule has 0 aromatic heterocycles. The minimum atomic E-state index is -0.0451. The Morgan fingerprint density at radius 2 is 1.86 bits per heavy atom. The number of hydrogen-bond acceptors (Lipinski definition) is 4. The monoisotopic (exact) mass is 299 g/mol. The number of nitrogens with zero attached hydrogens (tertiary/aromatic N) is 1. The standard InChI is InChI=1S/C15H29N3O3/c1-3-18(4-2)15(20)7-11-17-14(19)8-12-21-13-5-9-16-10-6-13/h13,16H,3-12H2,1-2H3,(H,17,19). The van der Waals surface area contributed by atoms with Gasteiger partial charge >= 0.3 is 0 Å². The second kappa shape index (κ2) is 10.6.